The quantitative estimate of drug-likeness (QED) is 0.756. The van der Waals surface area contributed by atoms with Crippen LogP contribution in [0.5, 0.6) is 0 Å². The molecule has 0 saturated carbocycles. The molecule has 3 rings (SSSR count). The molecule has 2 N–H and O–H groups in total. The second-order valence-electron chi connectivity index (χ2n) is 6.09. The lowest BCUT2D eigenvalue weighted by molar-refractivity contribution is 0.135. The molecule has 6 heteroatoms. The fraction of sp³-hybridized carbons (Fsp3) is 0.333. The van der Waals surface area contributed by atoms with Gasteiger partial charge in [0.1, 0.15) is 5.82 Å². The van der Waals surface area contributed by atoms with Gasteiger partial charge in [-0.2, -0.15) is 0 Å². The minimum absolute atomic E-state index is 0.195. The van der Waals surface area contributed by atoms with Gasteiger partial charge in [0.2, 0.25) is 5.78 Å². The highest BCUT2D eigenvalue weighted by molar-refractivity contribution is 5.35. The molecular weight excluding hydrogens is 307 g/mol. The third-order valence-electron chi connectivity index (χ3n) is 4.15. The highest BCUT2D eigenvalue weighted by Crippen LogP contribution is 2.18. The molecule has 0 aliphatic rings. The minimum atomic E-state index is -0.716. The fourth-order valence-corrected chi connectivity index (χ4v) is 2.85. The molecule has 1 aromatic carbocycles. The fourth-order valence-electron chi connectivity index (χ4n) is 2.85. The van der Waals surface area contributed by atoms with Crippen LogP contribution in [0.3, 0.4) is 0 Å². The van der Waals surface area contributed by atoms with Crippen molar-refractivity contribution in [3.63, 3.8) is 0 Å². The first-order valence-corrected chi connectivity index (χ1v) is 7.93. The van der Waals surface area contributed by atoms with Gasteiger partial charge in [0.05, 0.1) is 18.0 Å². The Bertz CT molecular complexity index is 844. The van der Waals surface area contributed by atoms with Gasteiger partial charge in [-0.1, -0.05) is 12.1 Å². The average Bonchev–Trinajstić information content (AvgIpc) is 2.95. The number of aliphatic hydroxyl groups is 1. The topological polar surface area (TPSA) is 62.5 Å². The Hall–Kier alpha value is -2.31. The van der Waals surface area contributed by atoms with Crippen molar-refractivity contribution in [1.29, 1.82) is 0 Å². The van der Waals surface area contributed by atoms with Gasteiger partial charge in [0, 0.05) is 24.0 Å². The van der Waals surface area contributed by atoms with Crippen LogP contribution in [0.15, 0.2) is 36.5 Å². The van der Waals surface area contributed by atoms with E-state index in [1.54, 1.807) is 18.3 Å². The molecule has 24 heavy (non-hydrogen) atoms. The summed E-state index contributed by atoms with van der Waals surface area (Å²) in [5, 5.41) is 13.7. The van der Waals surface area contributed by atoms with E-state index in [0.29, 0.717) is 17.9 Å². The molecule has 0 fully saturated rings. The molecule has 2 atom stereocenters. The largest absolute Gasteiger partial charge is 0.387 e. The first-order chi connectivity index (χ1) is 11.5. The number of rotatable bonds is 5. The monoisotopic (exact) mass is 328 g/mol. The maximum absolute atomic E-state index is 13.0. The third kappa shape index (κ3) is 3.29. The summed E-state index contributed by atoms with van der Waals surface area (Å²) in [6, 6.07) is 7.72. The summed E-state index contributed by atoms with van der Waals surface area (Å²) in [6.45, 7) is 6.41. The number of halogens is 1. The SMILES string of the molecule is Cc1cc(C)n2c(CNC(C)C(O)c3ccc(F)cc3)cnc2n1. The molecule has 126 valence electrons. The number of aryl methyl sites for hydroxylation is 2. The van der Waals surface area contributed by atoms with E-state index in [0.717, 1.165) is 17.1 Å². The second kappa shape index (κ2) is 6.67. The number of benzene rings is 1. The van der Waals surface area contributed by atoms with Crippen LogP contribution in [0.4, 0.5) is 4.39 Å². The van der Waals surface area contributed by atoms with Crippen molar-refractivity contribution in [2.24, 2.45) is 0 Å². The van der Waals surface area contributed by atoms with Gasteiger partial charge in [0.25, 0.3) is 0 Å². The molecule has 0 amide bonds. The Morgan fingerprint density at radius 3 is 2.67 bits per heavy atom. The smallest absolute Gasteiger partial charge is 0.234 e. The zero-order chi connectivity index (χ0) is 17.3. The van der Waals surface area contributed by atoms with Gasteiger partial charge in [-0.15, -0.1) is 0 Å². The number of aromatic nitrogens is 3. The van der Waals surface area contributed by atoms with Crippen molar-refractivity contribution in [2.75, 3.05) is 0 Å². The zero-order valence-electron chi connectivity index (χ0n) is 14.0. The average molecular weight is 328 g/mol. The van der Waals surface area contributed by atoms with Crippen LogP contribution in [0.1, 0.15) is 35.7 Å². The summed E-state index contributed by atoms with van der Waals surface area (Å²) in [6.07, 6.45) is 1.07. The lowest BCUT2D eigenvalue weighted by atomic mass is 10.0. The number of nitrogens with one attached hydrogen (secondary N) is 1. The summed E-state index contributed by atoms with van der Waals surface area (Å²) >= 11 is 0. The molecule has 2 unspecified atom stereocenters. The predicted molar refractivity (Wildman–Crippen MR) is 90.1 cm³/mol. The van der Waals surface area contributed by atoms with E-state index in [-0.39, 0.29) is 11.9 Å². The highest BCUT2D eigenvalue weighted by atomic mass is 19.1. The number of imidazole rings is 1. The van der Waals surface area contributed by atoms with Crippen molar-refractivity contribution in [3.05, 3.63) is 65.0 Å². The van der Waals surface area contributed by atoms with E-state index in [9.17, 15) is 9.50 Å². The molecule has 0 radical (unpaired) electrons. The van der Waals surface area contributed by atoms with E-state index >= 15 is 0 Å². The summed E-state index contributed by atoms with van der Waals surface area (Å²) in [5.41, 5.74) is 3.67. The van der Waals surface area contributed by atoms with Crippen molar-refractivity contribution in [2.45, 2.75) is 39.5 Å². The van der Waals surface area contributed by atoms with Crippen molar-refractivity contribution in [3.8, 4) is 0 Å². The molecule has 0 bridgehead atoms. The van der Waals surface area contributed by atoms with Crippen LogP contribution in [-0.2, 0) is 6.54 Å². The molecule has 5 nitrogen and oxygen atoms in total. The van der Waals surface area contributed by atoms with Crippen molar-refractivity contribution >= 4 is 5.78 Å². The molecule has 0 aliphatic heterocycles. The first kappa shape index (κ1) is 16.5. The van der Waals surface area contributed by atoms with Crippen LogP contribution in [0, 0.1) is 19.7 Å². The van der Waals surface area contributed by atoms with E-state index in [1.165, 1.54) is 12.1 Å². The molecular formula is C18H21FN4O. The Morgan fingerprint density at radius 1 is 1.25 bits per heavy atom. The van der Waals surface area contributed by atoms with Crippen LogP contribution in [0.25, 0.3) is 5.78 Å². The second-order valence-corrected chi connectivity index (χ2v) is 6.09. The Kier molecular flexibility index (Phi) is 4.59. The minimum Gasteiger partial charge on any atom is -0.387 e. The third-order valence-corrected chi connectivity index (χ3v) is 4.15. The van der Waals surface area contributed by atoms with E-state index in [2.05, 4.69) is 15.3 Å². The lowest BCUT2D eigenvalue weighted by Crippen LogP contribution is -2.32. The number of hydrogen-bond donors (Lipinski definition) is 2. The summed E-state index contributed by atoms with van der Waals surface area (Å²) in [4.78, 5) is 8.75. The number of aliphatic hydroxyl groups excluding tert-OH is 1. The zero-order valence-corrected chi connectivity index (χ0v) is 14.0. The number of fused-ring (bicyclic) bond motifs is 1. The summed E-state index contributed by atoms with van der Waals surface area (Å²) in [5.74, 6) is 0.367. The maximum atomic E-state index is 13.0. The van der Waals surface area contributed by atoms with Crippen LogP contribution in [0.2, 0.25) is 0 Å². The summed E-state index contributed by atoms with van der Waals surface area (Å²) < 4.78 is 15.0. The Morgan fingerprint density at radius 2 is 1.96 bits per heavy atom. The standard InChI is InChI=1S/C18H21FN4O/c1-11-8-12(2)23-16(10-21-18(23)22-11)9-20-13(3)17(24)14-4-6-15(19)7-5-14/h4-8,10,13,17,20,24H,9H2,1-3H3. The van der Waals surface area contributed by atoms with Gasteiger partial charge in [0.15, 0.2) is 0 Å². The van der Waals surface area contributed by atoms with Gasteiger partial charge in [-0.05, 0) is 44.5 Å². The Labute approximate surface area is 140 Å². The molecule has 2 aromatic heterocycles. The van der Waals surface area contributed by atoms with Gasteiger partial charge < -0.3 is 10.4 Å². The molecule has 0 saturated heterocycles. The first-order valence-electron chi connectivity index (χ1n) is 7.93. The predicted octanol–water partition coefficient (Wildman–Crippen LogP) is 2.70. The molecule has 2 heterocycles. The molecule has 0 aliphatic carbocycles. The maximum Gasteiger partial charge on any atom is 0.234 e. The molecule has 0 spiro atoms. The van der Waals surface area contributed by atoms with Gasteiger partial charge >= 0.3 is 0 Å². The lowest BCUT2D eigenvalue weighted by Gasteiger charge is -2.20. The van der Waals surface area contributed by atoms with E-state index in [4.69, 9.17) is 0 Å². The summed E-state index contributed by atoms with van der Waals surface area (Å²) in [7, 11) is 0. The van der Waals surface area contributed by atoms with Gasteiger partial charge in [-0.3, -0.25) is 4.40 Å². The number of nitrogens with zero attached hydrogens (tertiary/aromatic N) is 3. The van der Waals surface area contributed by atoms with Crippen LogP contribution in [-0.4, -0.2) is 25.5 Å². The molecule has 3 aromatic rings. The normalized spacial score (nSPS) is 14.0. The van der Waals surface area contributed by atoms with Crippen LogP contribution < -0.4 is 5.32 Å². The highest BCUT2D eigenvalue weighted by Gasteiger charge is 2.17. The van der Waals surface area contributed by atoms with Crippen molar-refractivity contribution < 1.29 is 9.50 Å². The van der Waals surface area contributed by atoms with Crippen LogP contribution >= 0.6 is 0 Å². The van der Waals surface area contributed by atoms with Gasteiger partial charge in [-0.25, -0.2) is 14.4 Å². The van der Waals surface area contributed by atoms with Crippen molar-refractivity contribution in [1.82, 2.24) is 19.7 Å². The Balaban J connectivity index is 1.72. The van der Waals surface area contributed by atoms with E-state index in [1.807, 2.05) is 31.2 Å². The van der Waals surface area contributed by atoms with E-state index < -0.39 is 6.10 Å². The number of hydrogen-bond acceptors (Lipinski definition) is 4.